The number of nitrogens with zero attached hydrogens (tertiary/aromatic N) is 2. The molecule has 0 spiro atoms. The van der Waals surface area contributed by atoms with E-state index in [2.05, 4.69) is 5.10 Å². The number of hydrazone groups is 1. The van der Waals surface area contributed by atoms with Gasteiger partial charge in [-0.3, -0.25) is 4.79 Å². The number of carboxylic acid groups (broad SMARTS) is 1. The fourth-order valence-electron chi connectivity index (χ4n) is 3.47. The van der Waals surface area contributed by atoms with Gasteiger partial charge in [0.25, 0.3) is 5.91 Å². The van der Waals surface area contributed by atoms with E-state index in [9.17, 15) is 14.2 Å². The highest BCUT2D eigenvalue weighted by atomic mass is 31.2. The minimum atomic E-state index is -2.50. The van der Waals surface area contributed by atoms with E-state index in [0.717, 1.165) is 10.9 Å². The highest BCUT2D eigenvalue weighted by Crippen LogP contribution is 2.39. The Kier molecular flexibility index (Phi) is 5.45. The number of carbonyl (C=O) groups is 2. The predicted molar refractivity (Wildman–Crippen MR) is 125 cm³/mol. The number of hydrogen-bond acceptors (Lipinski definition) is 5. The van der Waals surface area contributed by atoms with Gasteiger partial charge in [-0.1, -0.05) is 24.3 Å². The van der Waals surface area contributed by atoms with Gasteiger partial charge in [-0.15, -0.1) is 0 Å². The lowest BCUT2D eigenvalue weighted by atomic mass is 10.1. The van der Waals surface area contributed by atoms with Gasteiger partial charge < -0.3 is 14.1 Å². The molecule has 1 aliphatic rings. The van der Waals surface area contributed by atoms with Gasteiger partial charge in [0, 0.05) is 10.9 Å². The Hall–Kier alpha value is -3.70. The van der Waals surface area contributed by atoms with Crippen LogP contribution in [0.1, 0.15) is 23.0 Å². The molecule has 1 N–H and O–H groups in total. The molecule has 0 saturated carbocycles. The summed E-state index contributed by atoms with van der Waals surface area (Å²) in [6.07, 6.45) is 1.62. The summed E-state index contributed by atoms with van der Waals surface area (Å²) < 4.78 is 18.6. The van der Waals surface area contributed by atoms with Crippen LogP contribution in [0.4, 0.5) is 5.69 Å². The molecule has 1 aromatic heterocycles. The van der Waals surface area contributed by atoms with Gasteiger partial charge in [-0.25, -0.2) is 4.79 Å². The third-order valence-electron chi connectivity index (χ3n) is 5.08. The fraction of sp³-hybridized carbons (Fsp3) is 0.125. The molecule has 0 fully saturated rings. The maximum absolute atomic E-state index is 13.0. The van der Waals surface area contributed by atoms with Crippen molar-refractivity contribution < 1.29 is 23.7 Å². The molecule has 3 aromatic rings. The molecule has 0 saturated heterocycles. The third-order valence-corrected chi connectivity index (χ3v) is 6.63. The number of rotatable bonds is 5. The lowest BCUT2D eigenvalue weighted by Gasteiger charge is -2.11. The Morgan fingerprint density at radius 2 is 1.75 bits per heavy atom. The van der Waals surface area contributed by atoms with E-state index in [1.54, 1.807) is 38.5 Å². The maximum atomic E-state index is 13.0. The van der Waals surface area contributed by atoms with Crippen LogP contribution in [0.3, 0.4) is 0 Å². The Bertz CT molecular complexity index is 1330. The number of furan rings is 1. The molecule has 1 amide bonds. The molecule has 0 unspecified atom stereocenters. The zero-order chi connectivity index (χ0) is 23.0. The molecular weight excluding hydrogens is 427 g/mol. The molecule has 2 heterocycles. The molecule has 32 heavy (non-hydrogen) atoms. The van der Waals surface area contributed by atoms with E-state index in [-0.39, 0.29) is 11.5 Å². The standard InChI is InChI=1S/C24H21N2O5P/c1-15-20(23(27)26(25-15)17-10-8-16(9-11-17)24(28)29)14-18-12-13-21(31-18)19-6-4-5-7-22(19)32(2,3)30/h4-14H,1-3H3,(H,28,29)/b20-14-. The van der Waals surface area contributed by atoms with Crippen molar-refractivity contribution in [2.24, 2.45) is 5.10 Å². The molecule has 1 aliphatic heterocycles. The van der Waals surface area contributed by atoms with Crippen molar-refractivity contribution in [2.45, 2.75) is 6.92 Å². The smallest absolute Gasteiger partial charge is 0.335 e. The van der Waals surface area contributed by atoms with Crippen LogP contribution in [0.15, 0.2) is 75.8 Å². The first-order chi connectivity index (χ1) is 15.1. The molecule has 0 atom stereocenters. The maximum Gasteiger partial charge on any atom is 0.335 e. The monoisotopic (exact) mass is 448 g/mol. The first-order valence-corrected chi connectivity index (χ1v) is 12.4. The van der Waals surface area contributed by atoms with Crippen LogP contribution in [-0.2, 0) is 9.36 Å². The second kappa shape index (κ2) is 8.09. The minimum absolute atomic E-state index is 0.129. The predicted octanol–water partition coefficient (Wildman–Crippen LogP) is 4.70. The summed E-state index contributed by atoms with van der Waals surface area (Å²) in [6.45, 7) is 5.15. The second-order valence-corrected chi connectivity index (χ2v) is 11.0. The van der Waals surface area contributed by atoms with Crippen LogP contribution in [0.2, 0.25) is 0 Å². The van der Waals surface area contributed by atoms with E-state index >= 15 is 0 Å². The normalized spacial score (nSPS) is 15.3. The van der Waals surface area contributed by atoms with Gasteiger partial charge in [0.05, 0.1) is 22.5 Å². The van der Waals surface area contributed by atoms with Gasteiger partial charge >= 0.3 is 5.97 Å². The number of anilines is 1. The Balaban J connectivity index is 1.63. The van der Waals surface area contributed by atoms with Crippen molar-refractivity contribution in [3.63, 3.8) is 0 Å². The molecule has 0 bridgehead atoms. The zero-order valence-corrected chi connectivity index (χ0v) is 18.7. The summed E-state index contributed by atoms with van der Waals surface area (Å²) in [5, 5.41) is 15.3. The second-order valence-electron chi connectivity index (χ2n) is 7.78. The first kappa shape index (κ1) is 21.5. The van der Waals surface area contributed by atoms with Gasteiger partial charge in [0.2, 0.25) is 0 Å². The van der Waals surface area contributed by atoms with Crippen LogP contribution < -0.4 is 10.3 Å². The zero-order valence-electron chi connectivity index (χ0n) is 17.8. The number of amides is 1. The molecule has 4 rings (SSSR count). The van der Waals surface area contributed by atoms with E-state index in [1.165, 1.54) is 29.3 Å². The van der Waals surface area contributed by atoms with Crippen LogP contribution in [0, 0.1) is 0 Å². The number of carboxylic acids is 1. The van der Waals surface area contributed by atoms with Gasteiger partial charge in [-0.05, 0) is 62.7 Å². The van der Waals surface area contributed by atoms with Crippen LogP contribution in [0.25, 0.3) is 17.4 Å². The molecule has 0 radical (unpaired) electrons. The molecular formula is C24H21N2O5P. The fourth-order valence-corrected chi connectivity index (χ4v) is 4.68. The Morgan fingerprint density at radius 1 is 1.06 bits per heavy atom. The van der Waals surface area contributed by atoms with Crippen molar-refractivity contribution in [3.05, 3.63) is 77.6 Å². The highest BCUT2D eigenvalue weighted by molar-refractivity contribution is 7.70. The van der Waals surface area contributed by atoms with E-state index in [1.807, 2.05) is 24.3 Å². The van der Waals surface area contributed by atoms with Crippen molar-refractivity contribution in [2.75, 3.05) is 18.3 Å². The summed E-state index contributed by atoms with van der Waals surface area (Å²) in [4.78, 5) is 24.0. The molecule has 2 aromatic carbocycles. The average Bonchev–Trinajstić information content (AvgIpc) is 3.33. The number of hydrogen-bond donors (Lipinski definition) is 1. The van der Waals surface area contributed by atoms with Crippen LogP contribution in [-0.4, -0.2) is 36.0 Å². The van der Waals surface area contributed by atoms with Crippen molar-refractivity contribution in [1.29, 1.82) is 0 Å². The average molecular weight is 448 g/mol. The molecule has 0 aliphatic carbocycles. The lowest BCUT2D eigenvalue weighted by Crippen LogP contribution is -2.21. The number of carbonyl (C=O) groups excluding carboxylic acids is 1. The van der Waals surface area contributed by atoms with Crippen molar-refractivity contribution in [3.8, 4) is 11.3 Å². The number of aromatic carboxylic acids is 1. The Labute approximate surface area is 185 Å². The summed E-state index contributed by atoms with van der Waals surface area (Å²) >= 11 is 0. The van der Waals surface area contributed by atoms with Crippen molar-refractivity contribution >= 4 is 41.8 Å². The SMILES string of the molecule is CC1=NN(c2ccc(C(=O)O)cc2)C(=O)/C1=C\c1ccc(-c2ccccc2P(C)(C)=O)o1. The summed E-state index contributed by atoms with van der Waals surface area (Å²) in [5.41, 5.74) is 2.25. The highest BCUT2D eigenvalue weighted by Gasteiger charge is 2.29. The first-order valence-electron chi connectivity index (χ1n) is 9.85. The van der Waals surface area contributed by atoms with Gasteiger partial charge in [0.1, 0.15) is 18.7 Å². The molecule has 8 heteroatoms. The Morgan fingerprint density at radius 3 is 2.41 bits per heavy atom. The lowest BCUT2D eigenvalue weighted by molar-refractivity contribution is -0.114. The van der Waals surface area contributed by atoms with Gasteiger partial charge in [0.15, 0.2) is 0 Å². The quantitative estimate of drug-likeness (QED) is 0.451. The van der Waals surface area contributed by atoms with E-state index in [0.29, 0.717) is 28.5 Å². The summed E-state index contributed by atoms with van der Waals surface area (Å²) in [6, 6.07) is 16.9. The summed E-state index contributed by atoms with van der Waals surface area (Å²) in [5.74, 6) is -0.340. The summed E-state index contributed by atoms with van der Waals surface area (Å²) in [7, 11) is -2.50. The number of benzene rings is 2. The third kappa shape index (κ3) is 4.07. The van der Waals surface area contributed by atoms with Crippen molar-refractivity contribution in [1.82, 2.24) is 0 Å². The van der Waals surface area contributed by atoms with E-state index in [4.69, 9.17) is 9.52 Å². The van der Waals surface area contributed by atoms with Crippen LogP contribution in [0.5, 0.6) is 0 Å². The molecule has 7 nitrogen and oxygen atoms in total. The largest absolute Gasteiger partial charge is 0.478 e. The van der Waals surface area contributed by atoms with Gasteiger partial charge in [-0.2, -0.15) is 10.1 Å². The molecule has 162 valence electrons. The van der Waals surface area contributed by atoms with Crippen LogP contribution >= 0.6 is 7.14 Å². The minimum Gasteiger partial charge on any atom is -0.478 e. The topological polar surface area (TPSA) is 100 Å². The van der Waals surface area contributed by atoms with E-state index < -0.39 is 13.1 Å².